The third-order valence-electron chi connectivity index (χ3n) is 4.56. The van der Waals surface area contributed by atoms with Gasteiger partial charge in [0.05, 0.1) is 17.3 Å². The molecule has 1 amide bonds. The molecule has 4 rings (SSSR count). The second kappa shape index (κ2) is 6.64. The van der Waals surface area contributed by atoms with Crippen LogP contribution in [0, 0.1) is 12.8 Å². The first kappa shape index (κ1) is 15.8. The van der Waals surface area contributed by atoms with Crippen LogP contribution in [0.4, 0.5) is 0 Å². The number of benzene rings is 1. The van der Waals surface area contributed by atoms with Gasteiger partial charge in [-0.25, -0.2) is 0 Å². The summed E-state index contributed by atoms with van der Waals surface area (Å²) in [7, 11) is 0. The van der Waals surface area contributed by atoms with Gasteiger partial charge in [0.25, 0.3) is 5.91 Å². The van der Waals surface area contributed by atoms with Crippen LogP contribution in [0.25, 0.3) is 10.9 Å². The Kier molecular flexibility index (Phi) is 4.19. The van der Waals surface area contributed by atoms with Gasteiger partial charge in [0, 0.05) is 18.6 Å². The summed E-state index contributed by atoms with van der Waals surface area (Å²) in [4.78, 5) is 17.2. The number of carbonyl (C=O) groups is 1. The first-order chi connectivity index (χ1) is 12.2. The van der Waals surface area contributed by atoms with Gasteiger partial charge in [-0.15, -0.1) is 0 Å². The quantitative estimate of drug-likeness (QED) is 0.753. The van der Waals surface area contributed by atoms with Crippen molar-refractivity contribution in [1.82, 2.24) is 25.7 Å². The van der Waals surface area contributed by atoms with Crippen LogP contribution in [0.1, 0.15) is 41.0 Å². The molecule has 1 aliphatic heterocycles. The van der Waals surface area contributed by atoms with E-state index in [9.17, 15) is 4.79 Å². The van der Waals surface area contributed by atoms with Crippen LogP contribution in [0.2, 0.25) is 0 Å². The second-order valence-electron chi connectivity index (χ2n) is 6.22. The lowest BCUT2D eigenvalue weighted by atomic mass is 9.91. The van der Waals surface area contributed by atoms with Crippen molar-refractivity contribution in [2.45, 2.75) is 25.8 Å². The molecule has 0 spiro atoms. The van der Waals surface area contributed by atoms with Crippen LogP contribution in [0.15, 0.2) is 28.9 Å². The molecule has 0 bridgehead atoms. The lowest BCUT2D eigenvalue weighted by Gasteiger charge is -2.28. The van der Waals surface area contributed by atoms with Gasteiger partial charge >= 0.3 is 0 Å². The molecule has 0 saturated carbocycles. The maximum Gasteiger partial charge on any atom is 0.252 e. The van der Waals surface area contributed by atoms with Gasteiger partial charge in [-0.3, -0.25) is 9.89 Å². The number of hydrogen-bond donors (Lipinski definition) is 2. The molecule has 8 nitrogen and oxygen atoms in total. The van der Waals surface area contributed by atoms with Crippen molar-refractivity contribution in [1.29, 1.82) is 0 Å². The molecule has 3 aromatic rings. The number of rotatable bonds is 4. The molecule has 1 atom stereocenters. The van der Waals surface area contributed by atoms with Gasteiger partial charge in [0.1, 0.15) is 6.04 Å². The number of H-pyrrole nitrogens is 1. The molecular weight excluding hydrogens is 322 g/mol. The molecule has 25 heavy (non-hydrogen) atoms. The topological polar surface area (TPSA) is 106 Å². The second-order valence-corrected chi connectivity index (χ2v) is 6.22. The average Bonchev–Trinajstić information content (AvgIpc) is 3.28. The molecule has 1 aromatic carbocycles. The number of aromatic nitrogens is 4. The number of aryl methyl sites for hydroxylation is 1. The number of fused-ring (bicyclic) bond motifs is 1. The van der Waals surface area contributed by atoms with Crippen molar-refractivity contribution >= 4 is 16.8 Å². The standard InChI is InChI=1S/C17H19N5O3/c1-10-19-17(25-22-10)15(11-5-7-24-8-6-11)20-16(23)12-3-2-4-14-13(12)9-18-21-14/h2-4,9,11,15H,5-8H2,1H3,(H,18,21)(H,20,23). The van der Waals surface area contributed by atoms with Crippen LogP contribution in [0.3, 0.4) is 0 Å². The minimum Gasteiger partial charge on any atom is -0.381 e. The average molecular weight is 341 g/mol. The highest BCUT2D eigenvalue weighted by Crippen LogP contribution is 2.30. The highest BCUT2D eigenvalue weighted by Gasteiger charge is 2.31. The number of hydrogen-bond acceptors (Lipinski definition) is 6. The Labute approximate surface area is 143 Å². The summed E-state index contributed by atoms with van der Waals surface area (Å²) >= 11 is 0. The molecule has 3 heterocycles. The Morgan fingerprint density at radius 3 is 2.96 bits per heavy atom. The van der Waals surface area contributed by atoms with Gasteiger partial charge < -0.3 is 14.6 Å². The highest BCUT2D eigenvalue weighted by molar-refractivity contribution is 6.06. The Bertz CT molecular complexity index is 881. The van der Waals surface area contributed by atoms with Crippen molar-refractivity contribution in [3.05, 3.63) is 41.7 Å². The predicted octanol–water partition coefficient (Wildman–Crippen LogP) is 2.15. The molecule has 2 N–H and O–H groups in total. The summed E-state index contributed by atoms with van der Waals surface area (Å²) in [6.45, 7) is 3.10. The number of nitrogens with one attached hydrogen (secondary N) is 2. The zero-order valence-corrected chi connectivity index (χ0v) is 13.9. The van der Waals surface area contributed by atoms with Gasteiger partial charge in [-0.05, 0) is 37.8 Å². The Balaban J connectivity index is 1.63. The number of amides is 1. The number of ether oxygens (including phenoxy) is 1. The fourth-order valence-electron chi connectivity index (χ4n) is 3.25. The molecule has 1 unspecified atom stereocenters. The van der Waals surface area contributed by atoms with E-state index in [-0.39, 0.29) is 17.9 Å². The summed E-state index contributed by atoms with van der Waals surface area (Å²) in [6.07, 6.45) is 3.33. The summed E-state index contributed by atoms with van der Waals surface area (Å²) in [5.74, 6) is 1.01. The van der Waals surface area contributed by atoms with E-state index in [0.29, 0.717) is 30.5 Å². The van der Waals surface area contributed by atoms with E-state index in [1.54, 1.807) is 19.2 Å². The largest absolute Gasteiger partial charge is 0.381 e. The number of aromatic amines is 1. The minimum atomic E-state index is -0.334. The molecule has 1 aliphatic rings. The summed E-state index contributed by atoms with van der Waals surface area (Å²) in [5.41, 5.74) is 1.39. The zero-order valence-electron chi connectivity index (χ0n) is 13.9. The van der Waals surface area contributed by atoms with Crippen LogP contribution in [-0.4, -0.2) is 39.5 Å². The van der Waals surface area contributed by atoms with Crippen LogP contribution in [-0.2, 0) is 4.74 Å². The summed E-state index contributed by atoms with van der Waals surface area (Å²) in [6, 6.07) is 5.17. The molecule has 0 radical (unpaired) electrons. The molecule has 0 aliphatic carbocycles. The first-order valence-corrected chi connectivity index (χ1v) is 8.33. The van der Waals surface area contributed by atoms with Crippen LogP contribution >= 0.6 is 0 Å². The smallest absolute Gasteiger partial charge is 0.252 e. The van der Waals surface area contributed by atoms with Crippen LogP contribution < -0.4 is 5.32 Å². The summed E-state index contributed by atoms with van der Waals surface area (Å²) < 4.78 is 10.8. The maximum atomic E-state index is 12.9. The van der Waals surface area contributed by atoms with Crippen molar-refractivity contribution in [2.75, 3.05) is 13.2 Å². The fourth-order valence-corrected chi connectivity index (χ4v) is 3.25. The molecular formula is C17H19N5O3. The SMILES string of the molecule is Cc1noc(C(NC(=O)c2cccc3[nH]ncc23)C2CCOCC2)n1. The first-order valence-electron chi connectivity index (χ1n) is 8.33. The Morgan fingerprint density at radius 1 is 1.36 bits per heavy atom. The lowest BCUT2D eigenvalue weighted by molar-refractivity contribution is 0.0468. The Hall–Kier alpha value is -2.74. The summed E-state index contributed by atoms with van der Waals surface area (Å²) in [5, 5.41) is 14.6. The van der Waals surface area contributed by atoms with Crippen molar-refractivity contribution < 1.29 is 14.1 Å². The highest BCUT2D eigenvalue weighted by atomic mass is 16.5. The molecule has 1 saturated heterocycles. The van der Waals surface area contributed by atoms with E-state index < -0.39 is 0 Å². The van der Waals surface area contributed by atoms with Crippen molar-refractivity contribution in [3.8, 4) is 0 Å². The third kappa shape index (κ3) is 3.12. The zero-order chi connectivity index (χ0) is 17.2. The number of nitrogens with zero attached hydrogens (tertiary/aromatic N) is 3. The monoisotopic (exact) mass is 341 g/mol. The molecule has 2 aromatic heterocycles. The van der Waals surface area contributed by atoms with E-state index in [1.807, 2.05) is 12.1 Å². The van der Waals surface area contributed by atoms with E-state index in [0.717, 1.165) is 23.7 Å². The molecule has 1 fully saturated rings. The normalized spacial score (nSPS) is 16.8. The predicted molar refractivity (Wildman–Crippen MR) is 88.9 cm³/mol. The third-order valence-corrected chi connectivity index (χ3v) is 4.56. The maximum absolute atomic E-state index is 12.9. The minimum absolute atomic E-state index is 0.181. The lowest BCUT2D eigenvalue weighted by Crippen LogP contribution is -2.36. The van der Waals surface area contributed by atoms with E-state index in [4.69, 9.17) is 9.26 Å². The molecule has 130 valence electrons. The van der Waals surface area contributed by atoms with Gasteiger partial charge in [0.15, 0.2) is 5.82 Å². The van der Waals surface area contributed by atoms with E-state index in [1.165, 1.54) is 0 Å². The van der Waals surface area contributed by atoms with Gasteiger partial charge in [-0.1, -0.05) is 11.2 Å². The number of carbonyl (C=O) groups excluding carboxylic acids is 1. The van der Waals surface area contributed by atoms with Crippen LogP contribution in [0.5, 0.6) is 0 Å². The Morgan fingerprint density at radius 2 is 2.20 bits per heavy atom. The molecule has 8 heteroatoms. The van der Waals surface area contributed by atoms with E-state index in [2.05, 4.69) is 25.7 Å². The van der Waals surface area contributed by atoms with Crippen molar-refractivity contribution in [2.24, 2.45) is 5.92 Å². The van der Waals surface area contributed by atoms with E-state index >= 15 is 0 Å². The van der Waals surface area contributed by atoms with Gasteiger partial charge in [0.2, 0.25) is 5.89 Å². The fraction of sp³-hybridized carbons (Fsp3) is 0.412. The van der Waals surface area contributed by atoms with Crippen molar-refractivity contribution in [3.63, 3.8) is 0 Å². The van der Waals surface area contributed by atoms with Gasteiger partial charge in [-0.2, -0.15) is 10.1 Å².